The van der Waals surface area contributed by atoms with Crippen LogP contribution < -0.4 is 10.6 Å². The van der Waals surface area contributed by atoms with Crippen LogP contribution in [0.3, 0.4) is 0 Å². The minimum Gasteiger partial charge on any atom is -0.352 e. The van der Waals surface area contributed by atoms with Crippen molar-refractivity contribution in [2.75, 3.05) is 6.54 Å². The fourth-order valence-electron chi connectivity index (χ4n) is 3.05. The van der Waals surface area contributed by atoms with Gasteiger partial charge in [0.2, 0.25) is 5.91 Å². The van der Waals surface area contributed by atoms with E-state index < -0.39 is 0 Å². The Hall–Kier alpha value is -2.62. The highest BCUT2D eigenvalue weighted by Crippen LogP contribution is 2.22. The Labute approximate surface area is 168 Å². The minimum atomic E-state index is -0.156. The molecule has 1 atom stereocenters. The Bertz CT molecular complexity index is 775. The molecule has 0 aromatic heterocycles. The Morgan fingerprint density at radius 3 is 2.07 bits per heavy atom. The van der Waals surface area contributed by atoms with Crippen LogP contribution in [-0.4, -0.2) is 18.4 Å². The van der Waals surface area contributed by atoms with Crippen molar-refractivity contribution >= 4 is 11.8 Å². The van der Waals surface area contributed by atoms with Crippen LogP contribution >= 0.6 is 0 Å². The first-order chi connectivity index (χ1) is 13.2. The average molecular weight is 381 g/mol. The van der Waals surface area contributed by atoms with E-state index in [1.165, 1.54) is 5.56 Å². The van der Waals surface area contributed by atoms with Gasteiger partial charge in [-0.15, -0.1) is 0 Å². The van der Waals surface area contributed by atoms with Crippen LogP contribution in [0.2, 0.25) is 0 Å². The van der Waals surface area contributed by atoms with Crippen molar-refractivity contribution in [3.05, 3.63) is 71.3 Å². The molecule has 0 heterocycles. The molecule has 0 spiro atoms. The maximum Gasteiger partial charge on any atom is 0.251 e. The third kappa shape index (κ3) is 6.22. The van der Waals surface area contributed by atoms with Gasteiger partial charge in [-0.2, -0.15) is 0 Å². The van der Waals surface area contributed by atoms with Gasteiger partial charge in [0.1, 0.15) is 0 Å². The molecule has 0 saturated carbocycles. The van der Waals surface area contributed by atoms with Crippen molar-refractivity contribution in [1.82, 2.24) is 10.6 Å². The summed E-state index contributed by atoms with van der Waals surface area (Å²) in [5.41, 5.74) is 2.94. The fraction of sp³-hybridized carbons (Fsp3) is 0.417. The maximum absolute atomic E-state index is 12.3. The molecule has 1 unspecified atom stereocenters. The normalized spacial score (nSPS) is 12.5. The van der Waals surface area contributed by atoms with Gasteiger partial charge < -0.3 is 10.6 Å². The summed E-state index contributed by atoms with van der Waals surface area (Å²) in [6.45, 7) is 10.9. The van der Waals surface area contributed by atoms with E-state index in [-0.39, 0.29) is 35.6 Å². The largest absolute Gasteiger partial charge is 0.352 e. The van der Waals surface area contributed by atoms with Crippen LogP contribution in [0, 0.1) is 5.92 Å². The Kier molecular flexibility index (Phi) is 7.38. The zero-order chi connectivity index (χ0) is 20.7. The van der Waals surface area contributed by atoms with Gasteiger partial charge in [0, 0.05) is 18.5 Å². The van der Waals surface area contributed by atoms with E-state index in [1.54, 1.807) is 0 Å². The van der Waals surface area contributed by atoms with Crippen molar-refractivity contribution in [2.45, 2.75) is 52.5 Å². The number of carbonyl (C=O) groups is 2. The van der Waals surface area contributed by atoms with E-state index in [4.69, 9.17) is 0 Å². The van der Waals surface area contributed by atoms with Gasteiger partial charge in [-0.3, -0.25) is 9.59 Å². The van der Waals surface area contributed by atoms with E-state index >= 15 is 0 Å². The lowest BCUT2D eigenvalue weighted by Crippen LogP contribution is -2.34. The Balaban J connectivity index is 1.85. The second-order valence-corrected chi connectivity index (χ2v) is 8.53. The molecule has 0 radical (unpaired) electrons. The zero-order valence-electron chi connectivity index (χ0n) is 17.6. The second kappa shape index (κ2) is 9.54. The highest BCUT2D eigenvalue weighted by atomic mass is 16.2. The molecular weight excluding hydrogens is 348 g/mol. The van der Waals surface area contributed by atoms with Gasteiger partial charge in [-0.25, -0.2) is 0 Å². The van der Waals surface area contributed by atoms with Gasteiger partial charge in [0.25, 0.3) is 5.91 Å². The Morgan fingerprint density at radius 1 is 0.929 bits per heavy atom. The molecule has 0 aliphatic rings. The second-order valence-electron chi connectivity index (χ2n) is 8.53. The Morgan fingerprint density at radius 2 is 1.54 bits per heavy atom. The molecule has 2 aromatic carbocycles. The summed E-state index contributed by atoms with van der Waals surface area (Å²) in [6, 6.07) is 17.6. The van der Waals surface area contributed by atoms with E-state index in [0.717, 1.165) is 5.56 Å². The zero-order valence-corrected chi connectivity index (χ0v) is 17.6. The number of rotatable bonds is 7. The summed E-state index contributed by atoms with van der Waals surface area (Å²) in [5.74, 6) is 0.0601. The summed E-state index contributed by atoms with van der Waals surface area (Å²) in [5, 5.41) is 5.91. The van der Waals surface area contributed by atoms with Crippen molar-refractivity contribution < 1.29 is 9.59 Å². The lowest BCUT2D eigenvalue weighted by Gasteiger charge is -2.23. The van der Waals surface area contributed by atoms with Crippen LogP contribution in [0.15, 0.2) is 54.6 Å². The number of hydrogen-bond acceptors (Lipinski definition) is 2. The fourth-order valence-corrected chi connectivity index (χ4v) is 3.05. The van der Waals surface area contributed by atoms with E-state index in [2.05, 4.69) is 45.3 Å². The number of benzene rings is 2. The summed E-state index contributed by atoms with van der Waals surface area (Å²) >= 11 is 0. The molecule has 2 rings (SSSR count). The predicted molar refractivity (Wildman–Crippen MR) is 114 cm³/mol. The number of amides is 2. The van der Waals surface area contributed by atoms with E-state index in [0.29, 0.717) is 12.1 Å². The third-order valence-electron chi connectivity index (χ3n) is 4.79. The molecule has 0 fully saturated rings. The predicted octanol–water partition coefficient (Wildman–Crippen LogP) is 4.62. The van der Waals surface area contributed by atoms with E-state index in [1.807, 2.05) is 54.6 Å². The first-order valence-electron chi connectivity index (χ1n) is 9.91. The monoisotopic (exact) mass is 380 g/mol. The van der Waals surface area contributed by atoms with Crippen molar-refractivity contribution in [3.63, 3.8) is 0 Å². The molecule has 0 aliphatic carbocycles. The smallest absolute Gasteiger partial charge is 0.251 e. The van der Waals surface area contributed by atoms with Crippen LogP contribution in [0.1, 0.15) is 68.6 Å². The number of nitrogens with one attached hydrogen (secondary N) is 2. The topological polar surface area (TPSA) is 58.2 Å². The lowest BCUT2D eigenvalue weighted by atomic mass is 9.87. The van der Waals surface area contributed by atoms with Crippen LogP contribution in [0.25, 0.3) is 0 Å². The third-order valence-corrected chi connectivity index (χ3v) is 4.79. The summed E-state index contributed by atoms with van der Waals surface area (Å²) in [7, 11) is 0. The molecule has 150 valence electrons. The van der Waals surface area contributed by atoms with Gasteiger partial charge in [0.15, 0.2) is 0 Å². The minimum absolute atomic E-state index is 0.0330. The summed E-state index contributed by atoms with van der Waals surface area (Å²) < 4.78 is 0. The quantitative estimate of drug-likeness (QED) is 0.736. The molecule has 2 N–H and O–H groups in total. The first kappa shape index (κ1) is 21.7. The van der Waals surface area contributed by atoms with Gasteiger partial charge >= 0.3 is 0 Å². The SMILES string of the molecule is CC(C)C(NC(=O)CCNC(=O)c1ccc(C(C)(C)C)cc1)c1ccccc1. The summed E-state index contributed by atoms with van der Waals surface area (Å²) in [4.78, 5) is 24.6. The van der Waals surface area contributed by atoms with E-state index in [9.17, 15) is 9.59 Å². The van der Waals surface area contributed by atoms with Gasteiger partial charge in [-0.05, 0) is 34.6 Å². The van der Waals surface area contributed by atoms with Crippen LogP contribution in [-0.2, 0) is 10.2 Å². The van der Waals surface area contributed by atoms with Gasteiger partial charge in [0.05, 0.1) is 6.04 Å². The van der Waals surface area contributed by atoms with Crippen molar-refractivity contribution in [3.8, 4) is 0 Å². The number of carbonyl (C=O) groups excluding carboxylic acids is 2. The standard InChI is InChI=1S/C24H32N2O2/c1-17(2)22(18-9-7-6-8-10-18)26-21(27)15-16-25-23(28)19-11-13-20(14-12-19)24(3,4)5/h6-14,17,22H,15-16H2,1-5H3,(H,25,28)(H,26,27). The van der Waals surface area contributed by atoms with Crippen molar-refractivity contribution in [1.29, 1.82) is 0 Å². The van der Waals surface area contributed by atoms with Crippen LogP contribution in [0.4, 0.5) is 0 Å². The average Bonchev–Trinajstić information content (AvgIpc) is 2.66. The molecule has 0 aliphatic heterocycles. The molecule has 4 nitrogen and oxygen atoms in total. The molecule has 4 heteroatoms. The molecule has 0 saturated heterocycles. The first-order valence-corrected chi connectivity index (χ1v) is 9.91. The molecule has 2 amide bonds. The van der Waals surface area contributed by atoms with Crippen molar-refractivity contribution in [2.24, 2.45) is 5.92 Å². The maximum atomic E-state index is 12.3. The number of hydrogen-bond donors (Lipinski definition) is 2. The van der Waals surface area contributed by atoms with Gasteiger partial charge in [-0.1, -0.05) is 77.1 Å². The van der Waals surface area contributed by atoms with Crippen LogP contribution in [0.5, 0.6) is 0 Å². The highest BCUT2D eigenvalue weighted by molar-refractivity contribution is 5.94. The molecule has 2 aromatic rings. The summed E-state index contributed by atoms with van der Waals surface area (Å²) in [6.07, 6.45) is 0.252. The molecular formula is C24H32N2O2. The highest BCUT2D eigenvalue weighted by Gasteiger charge is 2.18. The molecule has 28 heavy (non-hydrogen) atoms. The molecule has 0 bridgehead atoms. The lowest BCUT2D eigenvalue weighted by molar-refractivity contribution is -0.122.